The Bertz CT molecular complexity index is 577. The van der Waals surface area contributed by atoms with Gasteiger partial charge < -0.3 is 15.0 Å². The number of carbonyl (C=O) groups is 1. The molecule has 1 unspecified atom stereocenters. The van der Waals surface area contributed by atoms with E-state index in [-0.39, 0.29) is 18.4 Å². The summed E-state index contributed by atoms with van der Waals surface area (Å²) in [5.41, 5.74) is 1.28. The van der Waals surface area contributed by atoms with E-state index in [1.54, 1.807) is 6.20 Å². The first-order chi connectivity index (χ1) is 10.7. The standard InChI is InChI=1S/C17H23N3O2/c1-2-15(13-21)17(22)19-12-16-18-9-11-20(16)10-8-14-6-4-3-5-7-14/h3-7,9,11,15,21H,2,8,10,12-13H2,1H3,(H,19,22). The van der Waals surface area contributed by atoms with E-state index in [4.69, 9.17) is 5.11 Å². The van der Waals surface area contributed by atoms with E-state index in [1.165, 1.54) is 5.56 Å². The highest BCUT2D eigenvalue weighted by Crippen LogP contribution is 2.05. The van der Waals surface area contributed by atoms with E-state index in [9.17, 15) is 4.79 Å². The molecular formula is C17H23N3O2. The molecule has 2 rings (SSSR count). The molecule has 2 aromatic rings. The monoisotopic (exact) mass is 301 g/mol. The molecule has 0 saturated heterocycles. The molecule has 0 aliphatic heterocycles. The first-order valence-electron chi connectivity index (χ1n) is 7.67. The third-order valence-corrected chi connectivity index (χ3v) is 3.79. The molecule has 2 N–H and O–H groups in total. The van der Waals surface area contributed by atoms with Gasteiger partial charge >= 0.3 is 0 Å². The maximum atomic E-state index is 11.9. The Balaban J connectivity index is 1.88. The Labute approximate surface area is 131 Å². The molecule has 0 spiro atoms. The van der Waals surface area contributed by atoms with Crippen LogP contribution in [0.25, 0.3) is 0 Å². The molecule has 5 nitrogen and oxygen atoms in total. The zero-order chi connectivity index (χ0) is 15.8. The van der Waals surface area contributed by atoms with Gasteiger partial charge in [-0.1, -0.05) is 37.3 Å². The van der Waals surface area contributed by atoms with Gasteiger partial charge in [-0.15, -0.1) is 0 Å². The molecule has 0 fully saturated rings. The molecule has 22 heavy (non-hydrogen) atoms. The summed E-state index contributed by atoms with van der Waals surface area (Å²) in [5, 5.41) is 12.0. The number of hydrogen-bond acceptors (Lipinski definition) is 3. The third-order valence-electron chi connectivity index (χ3n) is 3.79. The number of aliphatic hydroxyl groups is 1. The molecule has 1 aromatic heterocycles. The van der Waals surface area contributed by atoms with E-state index in [0.717, 1.165) is 18.8 Å². The maximum Gasteiger partial charge on any atom is 0.225 e. The van der Waals surface area contributed by atoms with Crippen LogP contribution in [-0.2, 0) is 24.3 Å². The number of nitrogens with one attached hydrogen (secondary N) is 1. The van der Waals surface area contributed by atoms with Crippen LogP contribution in [0, 0.1) is 5.92 Å². The molecule has 0 aliphatic carbocycles. The highest BCUT2D eigenvalue weighted by Gasteiger charge is 2.15. The molecule has 1 aromatic carbocycles. The number of aryl methyl sites for hydroxylation is 2. The summed E-state index contributed by atoms with van der Waals surface area (Å²) in [6.07, 6.45) is 5.22. The molecule has 1 atom stereocenters. The van der Waals surface area contributed by atoms with Crippen LogP contribution in [0.15, 0.2) is 42.7 Å². The lowest BCUT2D eigenvalue weighted by Crippen LogP contribution is -2.32. The molecular weight excluding hydrogens is 278 g/mol. The third kappa shape index (κ3) is 4.43. The number of carbonyl (C=O) groups excluding carboxylic acids is 1. The molecule has 118 valence electrons. The fourth-order valence-corrected chi connectivity index (χ4v) is 2.31. The minimum atomic E-state index is -0.340. The smallest absolute Gasteiger partial charge is 0.225 e. The Hall–Kier alpha value is -2.14. The van der Waals surface area contributed by atoms with E-state index in [1.807, 2.05) is 35.9 Å². The van der Waals surface area contributed by atoms with Crippen molar-refractivity contribution in [2.75, 3.05) is 6.61 Å². The van der Waals surface area contributed by atoms with Crippen LogP contribution < -0.4 is 5.32 Å². The summed E-state index contributed by atoms with van der Waals surface area (Å²) in [7, 11) is 0. The van der Waals surface area contributed by atoms with Crippen molar-refractivity contribution >= 4 is 5.91 Å². The van der Waals surface area contributed by atoms with Gasteiger partial charge in [0, 0.05) is 18.9 Å². The molecule has 1 heterocycles. The fraction of sp³-hybridized carbons (Fsp3) is 0.412. The van der Waals surface area contributed by atoms with Crippen molar-refractivity contribution in [1.29, 1.82) is 0 Å². The number of imidazole rings is 1. The molecule has 0 radical (unpaired) electrons. The minimum absolute atomic E-state index is 0.120. The van der Waals surface area contributed by atoms with Crippen molar-refractivity contribution in [3.63, 3.8) is 0 Å². The predicted molar refractivity (Wildman–Crippen MR) is 85.1 cm³/mol. The number of amides is 1. The number of nitrogens with zero attached hydrogens (tertiary/aromatic N) is 2. The lowest BCUT2D eigenvalue weighted by molar-refractivity contribution is -0.126. The lowest BCUT2D eigenvalue weighted by atomic mass is 10.1. The summed E-state index contributed by atoms with van der Waals surface area (Å²) in [6.45, 7) is 2.98. The van der Waals surface area contributed by atoms with Gasteiger partial charge in [0.15, 0.2) is 0 Å². The van der Waals surface area contributed by atoms with Gasteiger partial charge in [0.25, 0.3) is 0 Å². The zero-order valence-corrected chi connectivity index (χ0v) is 12.9. The van der Waals surface area contributed by atoms with Crippen LogP contribution in [0.4, 0.5) is 0 Å². The predicted octanol–water partition coefficient (Wildman–Crippen LogP) is 1.76. The molecule has 0 bridgehead atoms. The highest BCUT2D eigenvalue weighted by molar-refractivity contribution is 5.78. The molecule has 1 amide bonds. The molecule has 5 heteroatoms. The second kappa shape index (κ2) is 8.34. The van der Waals surface area contributed by atoms with Crippen LogP contribution in [0.2, 0.25) is 0 Å². The van der Waals surface area contributed by atoms with Crippen molar-refractivity contribution in [3.05, 3.63) is 54.1 Å². The van der Waals surface area contributed by atoms with Crippen molar-refractivity contribution in [2.45, 2.75) is 32.9 Å². The average molecular weight is 301 g/mol. The quantitative estimate of drug-likeness (QED) is 0.781. The van der Waals surface area contributed by atoms with E-state index < -0.39 is 0 Å². The number of aliphatic hydroxyl groups excluding tert-OH is 1. The number of benzene rings is 1. The van der Waals surface area contributed by atoms with Gasteiger partial charge in [-0.2, -0.15) is 0 Å². The van der Waals surface area contributed by atoms with Crippen LogP contribution in [-0.4, -0.2) is 27.2 Å². The lowest BCUT2D eigenvalue weighted by Gasteiger charge is -2.13. The normalized spacial score (nSPS) is 12.1. The van der Waals surface area contributed by atoms with Crippen LogP contribution in [0.5, 0.6) is 0 Å². The number of aromatic nitrogens is 2. The summed E-state index contributed by atoms with van der Waals surface area (Å²) in [4.78, 5) is 16.2. The van der Waals surface area contributed by atoms with E-state index in [0.29, 0.717) is 13.0 Å². The van der Waals surface area contributed by atoms with E-state index in [2.05, 4.69) is 22.4 Å². The molecule has 0 saturated carbocycles. The van der Waals surface area contributed by atoms with Crippen molar-refractivity contribution in [3.8, 4) is 0 Å². The summed E-state index contributed by atoms with van der Waals surface area (Å²) in [6, 6.07) is 10.3. The number of hydrogen-bond donors (Lipinski definition) is 2. The summed E-state index contributed by atoms with van der Waals surface area (Å²) in [5.74, 6) is 0.368. The Morgan fingerprint density at radius 2 is 2.14 bits per heavy atom. The second-order valence-corrected chi connectivity index (χ2v) is 5.28. The SMILES string of the molecule is CCC(CO)C(=O)NCc1nccn1CCc1ccccc1. The van der Waals surface area contributed by atoms with Gasteiger partial charge in [-0.25, -0.2) is 4.98 Å². The van der Waals surface area contributed by atoms with Crippen molar-refractivity contribution in [1.82, 2.24) is 14.9 Å². The van der Waals surface area contributed by atoms with Crippen LogP contribution in [0.1, 0.15) is 24.7 Å². The van der Waals surface area contributed by atoms with Crippen molar-refractivity contribution < 1.29 is 9.90 Å². The van der Waals surface area contributed by atoms with Gasteiger partial charge in [0.05, 0.1) is 19.1 Å². The Kier molecular flexibility index (Phi) is 6.15. The topological polar surface area (TPSA) is 67.2 Å². The largest absolute Gasteiger partial charge is 0.396 e. The first kappa shape index (κ1) is 16.2. The minimum Gasteiger partial charge on any atom is -0.396 e. The van der Waals surface area contributed by atoms with Gasteiger partial charge in [0.1, 0.15) is 5.82 Å². The Morgan fingerprint density at radius 1 is 1.36 bits per heavy atom. The number of rotatable bonds is 8. The van der Waals surface area contributed by atoms with Crippen LogP contribution >= 0.6 is 0 Å². The van der Waals surface area contributed by atoms with Gasteiger partial charge in [-0.05, 0) is 18.4 Å². The summed E-state index contributed by atoms with van der Waals surface area (Å²) < 4.78 is 2.05. The van der Waals surface area contributed by atoms with Gasteiger partial charge in [0.2, 0.25) is 5.91 Å². The maximum absolute atomic E-state index is 11.9. The fourth-order valence-electron chi connectivity index (χ4n) is 2.31. The average Bonchev–Trinajstić information content (AvgIpc) is 3.00. The molecule has 0 aliphatic rings. The van der Waals surface area contributed by atoms with Crippen molar-refractivity contribution in [2.24, 2.45) is 5.92 Å². The van der Waals surface area contributed by atoms with Crippen LogP contribution in [0.3, 0.4) is 0 Å². The van der Waals surface area contributed by atoms with Gasteiger partial charge in [-0.3, -0.25) is 4.79 Å². The second-order valence-electron chi connectivity index (χ2n) is 5.28. The first-order valence-corrected chi connectivity index (χ1v) is 7.67. The summed E-state index contributed by atoms with van der Waals surface area (Å²) >= 11 is 0. The zero-order valence-electron chi connectivity index (χ0n) is 12.9. The Morgan fingerprint density at radius 3 is 2.82 bits per heavy atom. The highest BCUT2D eigenvalue weighted by atomic mass is 16.3. The van der Waals surface area contributed by atoms with E-state index >= 15 is 0 Å².